The van der Waals surface area contributed by atoms with Crippen LogP contribution in [0.3, 0.4) is 0 Å². The summed E-state index contributed by atoms with van der Waals surface area (Å²) in [7, 11) is 0. The zero-order valence-corrected chi connectivity index (χ0v) is 31.2. The van der Waals surface area contributed by atoms with E-state index in [1.807, 2.05) is 11.8 Å². The van der Waals surface area contributed by atoms with Gasteiger partial charge in [-0.2, -0.15) is 0 Å². The number of benzene rings is 10. The maximum absolute atomic E-state index is 2.52. The molecule has 0 N–H and O–H groups in total. The molecule has 0 saturated carbocycles. The number of rotatable bonds is 2. The van der Waals surface area contributed by atoms with Gasteiger partial charge in [-0.1, -0.05) is 194 Å². The van der Waals surface area contributed by atoms with Crippen molar-refractivity contribution in [2.75, 3.05) is 0 Å². The SMILES string of the molecule is c1ccc2c(c1)-c1ccc(-c3ccc(-c4cccc5c4Sc4cccc6cccc-5c46)c4ccccc34)cc1C21c2ccccc2-c2c1ccc1ccccc21. The highest BCUT2D eigenvalue weighted by molar-refractivity contribution is 8.00. The molecule has 1 aliphatic heterocycles. The monoisotopic (exact) mass is 724 g/mol. The Kier molecular flexibility index (Phi) is 6.13. The van der Waals surface area contributed by atoms with Crippen molar-refractivity contribution >= 4 is 44.1 Å². The minimum Gasteiger partial charge on any atom is -0.0881 e. The Morgan fingerprint density at radius 3 is 1.75 bits per heavy atom. The van der Waals surface area contributed by atoms with Crippen molar-refractivity contribution < 1.29 is 0 Å². The molecule has 3 aliphatic rings. The molecule has 0 fully saturated rings. The standard InChI is InChI=1S/C55H32S/c1-2-15-37-33(12-1)27-31-49-53(37)46-19-6-8-24-48(46)55(49)47-23-7-5-18-41(47)42-28-26-35(32-50(42)55)36-29-30-40(39-17-4-3-16-38(36)39)44-21-11-22-45-43-20-9-13-34-14-10-25-51(52(34)43)56-54(44)45/h1-32H. The van der Waals surface area contributed by atoms with E-state index in [0.717, 1.165) is 0 Å². The Balaban J connectivity index is 1.04. The fraction of sp³-hybridized carbons (Fsp3) is 0.0182. The average molecular weight is 725 g/mol. The molecule has 1 heteroatoms. The molecular weight excluding hydrogens is 693 g/mol. The van der Waals surface area contributed by atoms with Gasteiger partial charge < -0.3 is 0 Å². The summed E-state index contributed by atoms with van der Waals surface area (Å²) >= 11 is 1.91. The van der Waals surface area contributed by atoms with Gasteiger partial charge in [0.15, 0.2) is 0 Å². The van der Waals surface area contributed by atoms with Gasteiger partial charge in [0.25, 0.3) is 0 Å². The Morgan fingerprint density at radius 1 is 0.321 bits per heavy atom. The van der Waals surface area contributed by atoms with Crippen molar-refractivity contribution in [3.63, 3.8) is 0 Å². The second-order valence-electron chi connectivity index (χ2n) is 15.5. The van der Waals surface area contributed by atoms with Crippen LogP contribution in [-0.2, 0) is 5.41 Å². The molecule has 1 unspecified atom stereocenters. The van der Waals surface area contributed by atoms with Gasteiger partial charge in [0.05, 0.1) is 5.41 Å². The van der Waals surface area contributed by atoms with Gasteiger partial charge >= 0.3 is 0 Å². The molecule has 2 aliphatic carbocycles. The molecule has 56 heavy (non-hydrogen) atoms. The van der Waals surface area contributed by atoms with Gasteiger partial charge in [0, 0.05) is 15.2 Å². The molecule has 0 bridgehead atoms. The molecule has 10 aromatic rings. The quantitative estimate of drug-likeness (QED) is 0.171. The Labute approximate surface area is 329 Å². The maximum atomic E-state index is 2.52. The number of hydrogen-bond acceptors (Lipinski definition) is 1. The Morgan fingerprint density at radius 2 is 0.893 bits per heavy atom. The van der Waals surface area contributed by atoms with Crippen LogP contribution in [0.15, 0.2) is 204 Å². The molecule has 0 aromatic heterocycles. The zero-order valence-electron chi connectivity index (χ0n) is 30.4. The first-order chi connectivity index (χ1) is 27.8. The largest absolute Gasteiger partial charge is 0.0881 e. The predicted octanol–water partition coefficient (Wildman–Crippen LogP) is 15.0. The van der Waals surface area contributed by atoms with Crippen LogP contribution in [0, 0.1) is 0 Å². The molecule has 0 amide bonds. The summed E-state index contributed by atoms with van der Waals surface area (Å²) in [6.45, 7) is 0. The van der Waals surface area contributed by atoms with Crippen LogP contribution in [-0.4, -0.2) is 0 Å². The molecule has 1 heterocycles. The van der Waals surface area contributed by atoms with Gasteiger partial charge in [-0.25, -0.2) is 0 Å². The van der Waals surface area contributed by atoms with E-state index in [2.05, 4.69) is 194 Å². The van der Waals surface area contributed by atoms with Crippen LogP contribution in [0.4, 0.5) is 0 Å². The third kappa shape index (κ3) is 3.86. The van der Waals surface area contributed by atoms with Crippen LogP contribution >= 0.6 is 11.8 Å². The molecule has 0 radical (unpaired) electrons. The van der Waals surface area contributed by atoms with Crippen molar-refractivity contribution in [2.24, 2.45) is 0 Å². The molecule has 1 atom stereocenters. The van der Waals surface area contributed by atoms with Crippen molar-refractivity contribution in [3.05, 3.63) is 216 Å². The lowest BCUT2D eigenvalue weighted by Gasteiger charge is -2.31. The minimum atomic E-state index is -0.410. The average Bonchev–Trinajstić information content (AvgIpc) is 3.73. The van der Waals surface area contributed by atoms with E-state index < -0.39 is 5.41 Å². The van der Waals surface area contributed by atoms with Crippen LogP contribution in [0.25, 0.3) is 88.0 Å². The highest BCUT2D eigenvalue weighted by Crippen LogP contribution is 2.64. The lowest BCUT2D eigenvalue weighted by molar-refractivity contribution is 0.795. The van der Waals surface area contributed by atoms with Gasteiger partial charge in [-0.15, -0.1) is 0 Å². The van der Waals surface area contributed by atoms with E-state index in [1.165, 1.54) is 120 Å². The summed E-state index contributed by atoms with van der Waals surface area (Å²) in [5.41, 5.74) is 18.1. The van der Waals surface area contributed by atoms with E-state index in [1.54, 1.807) is 0 Å². The first-order valence-electron chi connectivity index (χ1n) is 19.5. The highest BCUT2D eigenvalue weighted by atomic mass is 32.2. The smallest absolute Gasteiger partial charge is 0.0725 e. The first kappa shape index (κ1) is 30.6. The van der Waals surface area contributed by atoms with E-state index in [4.69, 9.17) is 0 Å². The number of fused-ring (bicyclic) bond motifs is 15. The Hall–Kier alpha value is -6.67. The third-order valence-corrected chi connectivity index (χ3v) is 14.1. The van der Waals surface area contributed by atoms with Gasteiger partial charge in [-0.05, 0) is 117 Å². The van der Waals surface area contributed by atoms with Crippen LogP contribution in [0.5, 0.6) is 0 Å². The third-order valence-electron chi connectivity index (χ3n) is 12.9. The van der Waals surface area contributed by atoms with Crippen LogP contribution in [0.1, 0.15) is 22.3 Å². The fourth-order valence-electron chi connectivity index (χ4n) is 10.7. The molecule has 1 spiro atoms. The van der Waals surface area contributed by atoms with Crippen molar-refractivity contribution in [3.8, 4) is 55.6 Å². The second-order valence-corrected chi connectivity index (χ2v) is 16.5. The highest BCUT2D eigenvalue weighted by Gasteiger charge is 2.52. The second kappa shape index (κ2) is 11.2. The zero-order chi connectivity index (χ0) is 36.5. The Bertz CT molecular complexity index is 3340. The summed E-state index contributed by atoms with van der Waals surface area (Å²) in [6.07, 6.45) is 0. The summed E-state index contributed by atoms with van der Waals surface area (Å²) in [4.78, 5) is 2.66. The minimum absolute atomic E-state index is 0.410. The first-order valence-corrected chi connectivity index (χ1v) is 20.3. The van der Waals surface area contributed by atoms with Crippen molar-refractivity contribution in [1.29, 1.82) is 0 Å². The number of hydrogen-bond donors (Lipinski definition) is 0. The van der Waals surface area contributed by atoms with Crippen molar-refractivity contribution in [2.45, 2.75) is 15.2 Å². The van der Waals surface area contributed by atoms with E-state index in [0.29, 0.717) is 0 Å². The summed E-state index contributed by atoms with van der Waals surface area (Å²) in [5, 5.41) is 7.81. The molecular formula is C55H32S. The fourth-order valence-corrected chi connectivity index (χ4v) is 11.9. The lowest BCUT2D eigenvalue weighted by atomic mass is 9.70. The summed E-state index contributed by atoms with van der Waals surface area (Å²) in [5.74, 6) is 0. The molecule has 0 saturated heterocycles. The summed E-state index contributed by atoms with van der Waals surface area (Å²) < 4.78 is 0. The normalized spacial score (nSPS) is 15.5. The van der Waals surface area contributed by atoms with Crippen LogP contribution < -0.4 is 0 Å². The molecule has 258 valence electrons. The van der Waals surface area contributed by atoms with Gasteiger partial charge in [0.1, 0.15) is 0 Å². The predicted molar refractivity (Wildman–Crippen MR) is 236 cm³/mol. The van der Waals surface area contributed by atoms with E-state index in [9.17, 15) is 0 Å². The van der Waals surface area contributed by atoms with E-state index in [-0.39, 0.29) is 0 Å². The maximum Gasteiger partial charge on any atom is 0.0725 e. The molecule has 0 nitrogen and oxygen atoms in total. The van der Waals surface area contributed by atoms with Gasteiger partial charge in [-0.3, -0.25) is 0 Å². The summed E-state index contributed by atoms with van der Waals surface area (Å²) in [6, 6.07) is 73.2. The van der Waals surface area contributed by atoms with Gasteiger partial charge in [0.2, 0.25) is 0 Å². The molecule has 13 rings (SSSR count). The van der Waals surface area contributed by atoms with Crippen LogP contribution in [0.2, 0.25) is 0 Å². The topological polar surface area (TPSA) is 0 Å². The van der Waals surface area contributed by atoms with Crippen molar-refractivity contribution in [1.82, 2.24) is 0 Å². The molecule has 10 aromatic carbocycles. The van der Waals surface area contributed by atoms with E-state index >= 15 is 0 Å². The lowest BCUT2D eigenvalue weighted by Crippen LogP contribution is -2.25.